The molecule has 5 rings (SSSR count). The third-order valence-electron chi connectivity index (χ3n) is 6.62. The Hall–Kier alpha value is -3.32. The van der Waals surface area contributed by atoms with E-state index in [2.05, 4.69) is 75.6 Å². The number of hydrogen-bond donors (Lipinski definition) is 2. The zero-order valence-electron chi connectivity index (χ0n) is 19.4. The summed E-state index contributed by atoms with van der Waals surface area (Å²) in [5.41, 5.74) is 5.25. The van der Waals surface area contributed by atoms with Crippen molar-refractivity contribution in [2.24, 2.45) is 0 Å². The first-order valence-corrected chi connectivity index (χ1v) is 12.9. The summed E-state index contributed by atoms with van der Waals surface area (Å²) < 4.78 is 0. The highest BCUT2D eigenvalue weighted by atomic mass is 32.2. The molecule has 0 bridgehead atoms. The maximum Gasteiger partial charge on any atom is 0.257 e. The number of benzene rings is 2. The van der Waals surface area contributed by atoms with Crippen LogP contribution in [0, 0.1) is 0 Å². The Morgan fingerprint density at radius 1 is 1.06 bits per heavy atom. The molecule has 2 N–H and O–H groups in total. The molecule has 0 unspecified atom stereocenters. The number of rotatable bonds is 6. The Morgan fingerprint density at radius 3 is 2.53 bits per heavy atom. The number of aromatic nitrogens is 2. The quantitative estimate of drug-likeness (QED) is 0.385. The van der Waals surface area contributed by atoms with Crippen molar-refractivity contribution in [1.82, 2.24) is 9.97 Å². The first-order chi connectivity index (χ1) is 16.6. The molecule has 3 aromatic rings. The van der Waals surface area contributed by atoms with Gasteiger partial charge in [0.05, 0.1) is 5.56 Å². The molecule has 7 heteroatoms. The number of allylic oxidation sites excluding steroid dienone is 2. The minimum atomic E-state index is -0.413. The van der Waals surface area contributed by atoms with Crippen LogP contribution in [0.15, 0.2) is 75.8 Å². The third kappa shape index (κ3) is 4.16. The van der Waals surface area contributed by atoms with Gasteiger partial charge in [0.1, 0.15) is 5.82 Å². The van der Waals surface area contributed by atoms with E-state index in [1.165, 1.54) is 17.3 Å². The first kappa shape index (κ1) is 22.5. The van der Waals surface area contributed by atoms with Gasteiger partial charge in [-0.1, -0.05) is 54.2 Å². The molecular weight excluding hydrogens is 444 g/mol. The number of ketones is 1. The van der Waals surface area contributed by atoms with Crippen LogP contribution in [0.3, 0.4) is 0 Å². The molecule has 0 spiro atoms. The minimum absolute atomic E-state index is 0.112. The van der Waals surface area contributed by atoms with Crippen molar-refractivity contribution >= 4 is 29.1 Å². The molecule has 1 aliphatic heterocycles. The highest BCUT2D eigenvalue weighted by Crippen LogP contribution is 2.43. The molecule has 2 aromatic carbocycles. The summed E-state index contributed by atoms with van der Waals surface area (Å²) in [5.74, 6) is 0.264. The van der Waals surface area contributed by atoms with E-state index in [-0.39, 0.29) is 11.3 Å². The van der Waals surface area contributed by atoms with Crippen LogP contribution in [0.5, 0.6) is 0 Å². The van der Waals surface area contributed by atoms with E-state index in [0.29, 0.717) is 28.5 Å². The number of anilines is 2. The molecule has 6 nitrogen and oxygen atoms in total. The van der Waals surface area contributed by atoms with Crippen LogP contribution < -0.4 is 15.8 Å². The van der Waals surface area contributed by atoms with Crippen LogP contribution in [-0.4, -0.2) is 28.6 Å². The largest absolute Gasteiger partial charge is 0.367 e. The lowest BCUT2D eigenvalue weighted by Crippen LogP contribution is -2.32. The van der Waals surface area contributed by atoms with E-state index in [9.17, 15) is 9.59 Å². The summed E-state index contributed by atoms with van der Waals surface area (Å²) in [5, 5.41) is 3.88. The van der Waals surface area contributed by atoms with Gasteiger partial charge in [-0.2, -0.15) is 0 Å². The molecule has 34 heavy (non-hydrogen) atoms. The van der Waals surface area contributed by atoms with Crippen LogP contribution in [0.2, 0.25) is 0 Å². The van der Waals surface area contributed by atoms with Gasteiger partial charge in [-0.3, -0.25) is 9.59 Å². The Labute approximate surface area is 203 Å². The molecular formula is C27H28N4O2S. The summed E-state index contributed by atoms with van der Waals surface area (Å²) in [6.07, 6.45) is 4.00. The normalized spacial score (nSPS) is 17.1. The van der Waals surface area contributed by atoms with Crippen LogP contribution in [0.4, 0.5) is 11.5 Å². The highest BCUT2D eigenvalue weighted by Gasteiger charge is 2.37. The number of Topliss-reactive ketones (excluding diaryl/α,β-unsaturated/α-hetero) is 1. The van der Waals surface area contributed by atoms with Gasteiger partial charge in [0.2, 0.25) is 0 Å². The van der Waals surface area contributed by atoms with Crippen LogP contribution in [-0.2, 0) is 11.3 Å². The maximum atomic E-state index is 13.1. The number of aromatic amines is 1. The Kier molecular flexibility index (Phi) is 6.28. The topological polar surface area (TPSA) is 78.1 Å². The fourth-order valence-corrected chi connectivity index (χ4v) is 5.31. The van der Waals surface area contributed by atoms with Gasteiger partial charge in [0.15, 0.2) is 10.9 Å². The summed E-state index contributed by atoms with van der Waals surface area (Å²) in [6, 6.07) is 18.7. The zero-order valence-corrected chi connectivity index (χ0v) is 20.2. The fraction of sp³-hybridized carbons (Fsp3) is 0.296. The molecule has 1 atom stereocenters. The molecule has 1 aliphatic carbocycles. The molecule has 0 saturated heterocycles. The van der Waals surface area contributed by atoms with Gasteiger partial charge in [-0.05, 0) is 49.3 Å². The van der Waals surface area contributed by atoms with Gasteiger partial charge >= 0.3 is 0 Å². The second kappa shape index (κ2) is 9.50. The van der Waals surface area contributed by atoms with Crippen molar-refractivity contribution < 1.29 is 4.79 Å². The van der Waals surface area contributed by atoms with E-state index in [4.69, 9.17) is 0 Å². The number of nitrogens with one attached hydrogen (secondary N) is 2. The smallest absolute Gasteiger partial charge is 0.257 e. The second-order valence-electron chi connectivity index (χ2n) is 8.66. The maximum absolute atomic E-state index is 13.1. The SMILES string of the molecule is CCN(Cc1ccccc1)c1ccc([C@H]2C3=C(CCCC3=O)Nc3nc(SC)[nH]c(=O)c32)cc1. The fourth-order valence-electron chi connectivity index (χ4n) is 4.94. The lowest BCUT2D eigenvalue weighted by Gasteiger charge is -2.33. The van der Waals surface area contributed by atoms with E-state index >= 15 is 0 Å². The average molecular weight is 473 g/mol. The number of fused-ring (bicyclic) bond motifs is 1. The molecule has 0 fully saturated rings. The third-order valence-corrected chi connectivity index (χ3v) is 7.20. The number of H-pyrrole nitrogens is 1. The summed E-state index contributed by atoms with van der Waals surface area (Å²) in [6.45, 7) is 3.84. The summed E-state index contributed by atoms with van der Waals surface area (Å²) in [7, 11) is 0. The van der Waals surface area contributed by atoms with E-state index < -0.39 is 5.92 Å². The average Bonchev–Trinajstić information content (AvgIpc) is 2.87. The van der Waals surface area contributed by atoms with Crippen LogP contribution in [0.25, 0.3) is 0 Å². The monoisotopic (exact) mass is 472 g/mol. The zero-order chi connectivity index (χ0) is 23.7. The number of thioether (sulfide) groups is 1. The molecule has 0 saturated carbocycles. The van der Waals surface area contributed by atoms with Crippen molar-refractivity contribution in [3.8, 4) is 0 Å². The lowest BCUT2D eigenvalue weighted by molar-refractivity contribution is -0.116. The summed E-state index contributed by atoms with van der Waals surface area (Å²) in [4.78, 5) is 36.0. The van der Waals surface area contributed by atoms with Gasteiger partial charge in [-0.15, -0.1) is 0 Å². The minimum Gasteiger partial charge on any atom is -0.367 e. The number of carbonyl (C=O) groups excluding carboxylic acids is 1. The first-order valence-electron chi connectivity index (χ1n) is 11.7. The number of nitrogens with zero attached hydrogens (tertiary/aromatic N) is 2. The van der Waals surface area contributed by atoms with Crippen molar-refractivity contribution in [2.45, 2.75) is 43.8 Å². The van der Waals surface area contributed by atoms with Gasteiger partial charge in [0.25, 0.3) is 5.56 Å². The highest BCUT2D eigenvalue weighted by molar-refractivity contribution is 7.98. The predicted octanol–water partition coefficient (Wildman–Crippen LogP) is 5.08. The predicted molar refractivity (Wildman–Crippen MR) is 138 cm³/mol. The van der Waals surface area contributed by atoms with Crippen LogP contribution >= 0.6 is 11.8 Å². The molecule has 1 aromatic heterocycles. The number of carbonyl (C=O) groups is 1. The van der Waals surface area contributed by atoms with Gasteiger partial charge < -0.3 is 15.2 Å². The van der Waals surface area contributed by atoms with Gasteiger partial charge in [-0.25, -0.2) is 4.98 Å². The molecule has 0 amide bonds. The van der Waals surface area contributed by atoms with Crippen molar-refractivity contribution in [1.29, 1.82) is 0 Å². The van der Waals surface area contributed by atoms with Crippen molar-refractivity contribution in [3.05, 3.63) is 92.9 Å². The number of hydrogen-bond acceptors (Lipinski definition) is 6. The molecule has 2 heterocycles. The Bertz CT molecular complexity index is 1300. The standard InChI is InChI=1S/C27H28N4O2S/c1-3-31(16-17-8-5-4-6-9-17)19-14-12-18(13-15-19)22-23-20(10-7-11-21(23)32)28-25-24(22)26(33)30-27(29-25)34-2/h4-6,8-9,12-15,22H,3,7,10-11,16H2,1-2H3,(H2,28,29,30,33)/t22-/m0/s1. The Morgan fingerprint density at radius 2 is 1.82 bits per heavy atom. The Balaban J connectivity index is 1.55. The molecule has 174 valence electrons. The molecule has 0 radical (unpaired) electrons. The summed E-state index contributed by atoms with van der Waals surface area (Å²) >= 11 is 1.40. The van der Waals surface area contributed by atoms with Gasteiger partial charge in [0, 0.05) is 42.4 Å². The van der Waals surface area contributed by atoms with E-state index in [1.54, 1.807) is 0 Å². The molecule has 2 aliphatic rings. The van der Waals surface area contributed by atoms with E-state index in [0.717, 1.165) is 42.9 Å². The lowest BCUT2D eigenvalue weighted by atomic mass is 9.76. The second-order valence-corrected chi connectivity index (χ2v) is 9.45. The van der Waals surface area contributed by atoms with Crippen molar-refractivity contribution in [3.63, 3.8) is 0 Å². The van der Waals surface area contributed by atoms with E-state index in [1.807, 2.05) is 12.3 Å². The van der Waals surface area contributed by atoms with Crippen LogP contribution in [0.1, 0.15) is 48.8 Å². The van der Waals surface area contributed by atoms with Crippen molar-refractivity contribution in [2.75, 3.05) is 23.0 Å².